The molecule has 0 bridgehead atoms. The molecule has 2 heterocycles. The number of methoxy groups -OCH3 is 1. The molecule has 1 aliphatic heterocycles. The van der Waals surface area contributed by atoms with E-state index in [0.29, 0.717) is 27.7 Å². The van der Waals surface area contributed by atoms with E-state index in [0.717, 1.165) is 21.1 Å². The van der Waals surface area contributed by atoms with Crippen LogP contribution in [0, 0.1) is 0 Å². The summed E-state index contributed by atoms with van der Waals surface area (Å²) in [5.41, 5.74) is 1.83. The molecule has 0 saturated heterocycles. The molecule has 190 valence electrons. The number of imide groups is 1. The molecule has 38 heavy (non-hydrogen) atoms. The summed E-state index contributed by atoms with van der Waals surface area (Å²) in [6, 6.07) is 24.2. The highest BCUT2D eigenvalue weighted by Crippen LogP contribution is 2.38. The first-order valence-corrected chi connectivity index (χ1v) is 13.0. The molecule has 0 radical (unpaired) electrons. The second-order valence-corrected chi connectivity index (χ2v) is 10.0. The van der Waals surface area contributed by atoms with Crippen LogP contribution >= 0.6 is 27.7 Å². The van der Waals surface area contributed by atoms with E-state index in [-0.39, 0.29) is 22.3 Å². The lowest BCUT2D eigenvalue weighted by Crippen LogP contribution is -2.32. The summed E-state index contributed by atoms with van der Waals surface area (Å²) in [6.45, 7) is 0. The molecule has 1 aliphatic rings. The molecule has 3 aromatic carbocycles. The number of carbonyl (C=O) groups excluding carboxylic acids is 3. The summed E-state index contributed by atoms with van der Waals surface area (Å²) in [6.07, 6.45) is 1.43. The summed E-state index contributed by atoms with van der Waals surface area (Å²) in [7, 11) is 1.55. The number of hydrogen-bond donors (Lipinski definition) is 2. The van der Waals surface area contributed by atoms with Crippen molar-refractivity contribution in [3.63, 3.8) is 0 Å². The smallest absolute Gasteiger partial charge is 0.291 e. The zero-order valence-electron chi connectivity index (χ0n) is 19.9. The molecule has 8 nitrogen and oxygen atoms in total. The first kappa shape index (κ1) is 25.4. The Morgan fingerprint density at radius 1 is 0.895 bits per heavy atom. The Balaban J connectivity index is 1.42. The molecule has 0 spiro atoms. The molecule has 0 unspecified atom stereocenters. The number of anilines is 3. The molecule has 0 aliphatic carbocycles. The zero-order valence-corrected chi connectivity index (χ0v) is 22.3. The van der Waals surface area contributed by atoms with Crippen LogP contribution in [0.25, 0.3) is 0 Å². The van der Waals surface area contributed by atoms with Crippen LogP contribution in [0.1, 0.15) is 10.6 Å². The van der Waals surface area contributed by atoms with E-state index in [4.69, 9.17) is 9.15 Å². The second kappa shape index (κ2) is 11.0. The maximum atomic E-state index is 13.6. The van der Waals surface area contributed by atoms with Crippen LogP contribution in [0.15, 0.2) is 116 Å². The van der Waals surface area contributed by atoms with Crippen LogP contribution in [0.3, 0.4) is 0 Å². The molecular formula is C28H20BrN3O5S. The van der Waals surface area contributed by atoms with E-state index in [1.54, 1.807) is 67.8 Å². The molecule has 0 atom stereocenters. The molecular weight excluding hydrogens is 570 g/mol. The average Bonchev–Trinajstić information content (AvgIpc) is 3.55. The van der Waals surface area contributed by atoms with Crippen molar-refractivity contribution in [2.75, 3.05) is 22.6 Å². The van der Waals surface area contributed by atoms with Crippen molar-refractivity contribution in [1.29, 1.82) is 0 Å². The van der Waals surface area contributed by atoms with Crippen LogP contribution < -0.4 is 20.3 Å². The van der Waals surface area contributed by atoms with E-state index in [2.05, 4.69) is 26.6 Å². The van der Waals surface area contributed by atoms with E-state index in [1.807, 2.05) is 24.3 Å². The van der Waals surface area contributed by atoms with Crippen LogP contribution in [-0.4, -0.2) is 24.8 Å². The van der Waals surface area contributed by atoms with Gasteiger partial charge in [0.2, 0.25) is 0 Å². The molecule has 10 heteroatoms. The zero-order chi connectivity index (χ0) is 26.6. The molecule has 2 N–H and O–H groups in total. The summed E-state index contributed by atoms with van der Waals surface area (Å²) >= 11 is 4.57. The fraction of sp³-hybridized carbons (Fsp3) is 0.0357. The van der Waals surface area contributed by atoms with Gasteiger partial charge in [0.05, 0.1) is 19.1 Å². The highest BCUT2D eigenvalue weighted by atomic mass is 79.9. The van der Waals surface area contributed by atoms with Gasteiger partial charge in [-0.05, 0) is 84.9 Å². The average molecular weight is 590 g/mol. The van der Waals surface area contributed by atoms with Crippen LogP contribution in [-0.2, 0) is 9.59 Å². The molecule has 3 amide bonds. The predicted octanol–water partition coefficient (Wildman–Crippen LogP) is 6.29. The third-order valence-electron chi connectivity index (χ3n) is 5.56. The number of amides is 3. The molecule has 1 aromatic heterocycles. The fourth-order valence-corrected chi connectivity index (χ4v) is 4.87. The Bertz CT molecular complexity index is 1520. The summed E-state index contributed by atoms with van der Waals surface area (Å²) in [4.78, 5) is 41.4. The molecule has 0 saturated carbocycles. The number of halogens is 1. The van der Waals surface area contributed by atoms with Gasteiger partial charge < -0.3 is 19.8 Å². The molecule has 4 aromatic rings. The van der Waals surface area contributed by atoms with Gasteiger partial charge in [0.15, 0.2) is 5.76 Å². The van der Waals surface area contributed by atoms with Crippen LogP contribution in [0.5, 0.6) is 5.75 Å². The summed E-state index contributed by atoms with van der Waals surface area (Å²) < 4.78 is 11.2. The highest BCUT2D eigenvalue weighted by Gasteiger charge is 2.40. The quantitative estimate of drug-likeness (QED) is 0.233. The Morgan fingerprint density at radius 3 is 2.21 bits per heavy atom. The van der Waals surface area contributed by atoms with Crippen molar-refractivity contribution in [2.45, 2.75) is 4.90 Å². The summed E-state index contributed by atoms with van der Waals surface area (Å²) in [5.74, 6) is -0.465. The molecule has 5 rings (SSSR count). The summed E-state index contributed by atoms with van der Waals surface area (Å²) in [5, 5.41) is 5.88. The fourth-order valence-electron chi connectivity index (χ4n) is 3.68. The maximum Gasteiger partial charge on any atom is 0.291 e. The van der Waals surface area contributed by atoms with Gasteiger partial charge in [0.25, 0.3) is 17.7 Å². The topological polar surface area (TPSA) is 101 Å². The first-order valence-electron chi connectivity index (χ1n) is 11.4. The van der Waals surface area contributed by atoms with Gasteiger partial charge in [-0.3, -0.25) is 14.4 Å². The standard InChI is InChI=1S/C28H20BrN3O5S/c1-36-21-12-10-20(11-13-21)32-27(34)24(30-18-6-4-17(29)5-7-18)25(28(32)35)38-22-14-8-19(9-15-22)31-26(33)23-3-2-16-37-23/h2-16,30H,1H3,(H,31,33). The van der Waals surface area contributed by atoms with Gasteiger partial charge in [0.1, 0.15) is 16.4 Å². The number of hydrogen-bond acceptors (Lipinski definition) is 7. The number of nitrogens with one attached hydrogen (secondary N) is 2. The Labute approximate surface area is 230 Å². The van der Waals surface area contributed by atoms with Gasteiger partial charge in [-0.25, -0.2) is 4.90 Å². The van der Waals surface area contributed by atoms with E-state index >= 15 is 0 Å². The predicted molar refractivity (Wildman–Crippen MR) is 149 cm³/mol. The van der Waals surface area contributed by atoms with Gasteiger partial charge >= 0.3 is 0 Å². The Morgan fingerprint density at radius 2 is 1.58 bits per heavy atom. The van der Waals surface area contributed by atoms with Gasteiger partial charge in [-0.1, -0.05) is 27.7 Å². The number of rotatable bonds is 8. The van der Waals surface area contributed by atoms with Crippen molar-refractivity contribution < 1.29 is 23.5 Å². The van der Waals surface area contributed by atoms with Crippen molar-refractivity contribution in [3.05, 3.63) is 112 Å². The minimum Gasteiger partial charge on any atom is -0.497 e. The van der Waals surface area contributed by atoms with E-state index in [9.17, 15) is 14.4 Å². The minimum atomic E-state index is -0.465. The number of benzene rings is 3. The Hall–Kier alpha value is -4.28. The van der Waals surface area contributed by atoms with Gasteiger partial charge in [-0.2, -0.15) is 0 Å². The van der Waals surface area contributed by atoms with Crippen molar-refractivity contribution in [1.82, 2.24) is 0 Å². The van der Waals surface area contributed by atoms with Crippen LogP contribution in [0.4, 0.5) is 17.1 Å². The largest absolute Gasteiger partial charge is 0.497 e. The normalized spacial score (nSPS) is 13.2. The SMILES string of the molecule is COc1ccc(N2C(=O)C(Nc3ccc(Br)cc3)=C(Sc3ccc(NC(=O)c4ccco4)cc3)C2=O)cc1. The lowest BCUT2D eigenvalue weighted by molar-refractivity contribution is -0.120. The number of nitrogens with zero attached hydrogens (tertiary/aromatic N) is 1. The van der Waals surface area contributed by atoms with Crippen molar-refractivity contribution >= 4 is 62.5 Å². The third kappa shape index (κ3) is 5.36. The number of carbonyl (C=O) groups is 3. The van der Waals surface area contributed by atoms with E-state index in [1.165, 1.54) is 6.26 Å². The molecule has 0 fully saturated rings. The maximum absolute atomic E-state index is 13.6. The Kier molecular flexibility index (Phi) is 7.34. The lowest BCUT2D eigenvalue weighted by Gasteiger charge is -2.15. The van der Waals surface area contributed by atoms with Crippen LogP contribution in [0.2, 0.25) is 0 Å². The first-order chi connectivity index (χ1) is 18.4. The van der Waals surface area contributed by atoms with Gasteiger partial charge in [0, 0.05) is 20.7 Å². The van der Waals surface area contributed by atoms with E-state index < -0.39 is 11.8 Å². The number of thioether (sulfide) groups is 1. The number of ether oxygens (including phenoxy) is 1. The minimum absolute atomic E-state index is 0.174. The lowest BCUT2D eigenvalue weighted by atomic mass is 10.2. The monoisotopic (exact) mass is 589 g/mol. The highest BCUT2D eigenvalue weighted by molar-refractivity contribution is 9.10. The van der Waals surface area contributed by atoms with Crippen molar-refractivity contribution in [3.8, 4) is 5.75 Å². The second-order valence-electron chi connectivity index (χ2n) is 8.04. The number of furan rings is 1. The van der Waals surface area contributed by atoms with Crippen molar-refractivity contribution in [2.24, 2.45) is 0 Å². The third-order valence-corrected chi connectivity index (χ3v) is 7.18. The van der Waals surface area contributed by atoms with Gasteiger partial charge in [-0.15, -0.1) is 0 Å².